The number of piperidine rings is 1. The largest absolute Gasteiger partial charge is 0.330 e. The number of nitrogens with zero attached hydrogens (tertiary/aromatic N) is 1. The topological polar surface area (TPSA) is 63.4 Å². The second-order valence-corrected chi connectivity index (χ2v) is 7.57. The normalized spacial score (nSPS) is 24.8. The molecule has 0 aromatic heterocycles. The van der Waals surface area contributed by atoms with Gasteiger partial charge in [-0.1, -0.05) is 19.3 Å². The molecular weight excluding hydrogens is 236 g/mol. The monoisotopic (exact) mass is 260 g/mol. The van der Waals surface area contributed by atoms with Crippen molar-refractivity contribution in [2.45, 2.75) is 38.5 Å². The molecule has 0 aromatic carbocycles. The molecule has 0 unspecified atom stereocenters. The molecule has 1 aliphatic carbocycles. The molecular formula is C12H24N2O2S. The maximum Gasteiger partial charge on any atom is 0.214 e. The number of nitrogens with two attached hydrogens (primary N) is 1. The highest BCUT2D eigenvalue weighted by Crippen LogP contribution is 2.30. The first-order valence-electron chi connectivity index (χ1n) is 6.79. The predicted molar refractivity (Wildman–Crippen MR) is 69.1 cm³/mol. The van der Waals surface area contributed by atoms with E-state index in [-0.39, 0.29) is 0 Å². The SMILES string of the molecule is NCC1CCN(S(=O)(=O)CCC2CCC2)CC1. The molecule has 0 radical (unpaired) electrons. The maximum absolute atomic E-state index is 12.1. The molecule has 0 spiro atoms. The molecule has 17 heavy (non-hydrogen) atoms. The molecule has 1 aliphatic heterocycles. The molecule has 1 saturated heterocycles. The van der Waals surface area contributed by atoms with Gasteiger partial charge < -0.3 is 5.73 Å². The van der Waals surface area contributed by atoms with Crippen molar-refractivity contribution in [3.05, 3.63) is 0 Å². The summed E-state index contributed by atoms with van der Waals surface area (Å²) in [4.78, 5) is 0. The van der Waals surface area contributed by atoms with Gasteiger partial charge in [0.05, 0.1) is 5.75 Å². The zero-order valence-electron chi connectivity index (χ0n) is 10.5. The van der Waals surface area contributed by atoms with Gasteiger partial charge in [-0.3, -0.25) is 0 Å². The summed E-state index contributed by atoms with van der Waals surface area (Å²) >= 11 is 0. The molecule has 100 valence electrons. The Balaban J connectivity index is 1.79. The van der Waals surface area contributed by atoms with Gasteiger partial charge in [0, 0.05) is 13.1 Å². The number of sulfonamides is 1. The summed E-state index contributed by atoms with van der Waals surface area (Å²) in [6.45, 7) is 2.04. The first-order valence-corrected chi connectivity index (χ1v) is 8.40. The molecule has 2 N–H and O–H groups in total. The Labute approximate surface area is 105 Å². The summed E-state index contributed by atoms with van der Waals surface area (Å²) in [6, 6.07) is 0. The lowest BCUT2D eigenvalue weighted by molar-refractivity contribution is 0.273. The van der Waals surface area contributed by atoms with E-state index in [4.69, 9.17) is 5.73 Å². The Morgan fingerprint density at radius 3 is 2.18 bits per heavy atom. The van der Waals surface area contributed by atoms with E-state index in [0.29, 0.717) is 37.2 Å². The van der Waals surface area contributed by atoms with Gasteiger partial charge in [-0.2, -0.15) is 0 Å². The molecule has 4 nitrogen and oxygen atoms in total. The molecule has 2 rings (SSSR count). The van der Waals surface area contributed by atoms with Gasteiger partial charge in [0.2, 0.25) is 10.0 Å². The van der Waals surface area contributed by atoms with Crippen molar-refractivity contribution in [2.24, 2.45) is 17.6 Å². The Hall–Kier alpha value is -0.130. The molecule has 2 aliphatic rings. The second-order valence-electron chi connectivity index (χ2n) is 5.48. The number of hydrogen-bond donors (Lipinski definition) is 1. The maximum atomic E-state index is 12.1. The van der Waals surface area contributed by atoms with Crippen LogP contribution in [0, 0.1) is 11.8 Å². The van der Waals surface area contributed by atoms with Crippen molar-refractivity contribution in [1.29, 1.82) is 0 Å². The van der Waals surface area contributed by atoms with Crippen molar-refractivity contribution >= 4 is 10.0 Å². The van der Waals surface area contributed by atoms with Gasteiger partial charge in [0.15, 0.2) is 0 Å². The van der Waals surface area contributed by atoms with Gasteiger partial charge in [-0.05, 0) is 37.6 Å². The minimum atomic E-state index is -2.99. The summed E-state index contributed by atoms with van der Waals surface area (Å²) in [5, 5.41) is 0. The zero-order chi connectivity index (χ0) is 12.3. The number of hydrogen-bond acceptors (Lipinski definition) is 3. The molecule has 1 saturated carbocycles. The van der Waals surface area contributed by atoms with E-state index >= 15 is 0 Å². The summed E-state index contributed by atoms with van der Waals surface area (Å²) in [5.41, 5.74) is 5.61. The van der Waals surface area contributed by atoms with Crippen molar-refractivity contribution in [1.82, 2.24) is 4.31 Å². The van der Waals surface area contributed by atoms with Crippen LogP contribution < -0.4 is 5.73 Å². The lowest BCUT2D eigenvalue weighted by Crippen LogP contribution is -2.41. The molecule has 0 bridgehead atoms. The highest BCUT2D eigenvalue weighted by molar-refractivity contribution is 7.89. The average Bonchev–Trinajstić information content (AvgIpc) is 2.27. The summed E-state index contributed by atoms with van der Waals surface area (Å²) < 4.78 is 25.9. The molecule has 0 atom stereocenters. The second kappa shape index (κ2) is 5.67. The highest BCUT2D eigenvalue weighted by Gasteiger charge is 2.28. The van der Waals surface area contributed by atoms with Crippen molar-refractivity contribution < 1.29 is 8.42 Å². The van der Waals surface area contributed by atoms with E-state index < -0.39 is 10.0 Å². The lowest BCUT2D eigenvalue weighted by atomic mass is 9.84. The Kier molecular flexibility index (Phi) is 4.44. The fourth-order valence-corrected chi connectivity index (χ4v) is 4.31. The zero-order valence-corrected chi connectivity index (χ0v) is 11.3. The Morgan fingerprint density at radius 2 is 1.71 bits per heavy atom. The van der Waals surface area contributed by atoms with Crippen LogP contribution in [0.1, 0.15) is 38.5 Å². The van der Waals surface area contributed by atoms with E-state index in [9.17, 15) is 8.42 Å². The quantitative estimate of drug-likeness (QED) is 0.807. The first kappa shape index (κ1) is 13.3. The van der Waals surface area contributed by atoms with Crippen molar-refractivity contribution in [3.8, 4) is 0 Å². The van der Waals surface area contributed by atoms with Crippen LogP contribution >= 0.6 is 0 Å². The highest BCUT2D eigenvalue weighted by atomic mass is 32.2. The van der Waals surface area contributed by atoms with Crippen LogP contribution in [0.3, 0.4) is 0 Å². The van der Waals surface area contributed by atoms with E-state index in [1.165, 1.54) is 19.3 Å². The first-order chi connectivity index (χ1) is 8.12. The van der Waals surface area contributed by atoms with E-state index in [2.05, 4.69) is 0 Å². The Morgan fingerprint density at radius 1 is 1.06 bits per heavy atom. The van der Waals surface area contributed by atoms with Crippen LogP contribution in [0.25, 0.3) is 0 Å². The van der Waals surface area contributed by atoms with Gasteiger partial charge >= 0.3 is 0 Å². The fraction of sp³-hybridized carbons (Fsp3) is 1.00. The molecule has 2 fully saturated rings. The third-order valence-corrected chi connectivity index (χ3v) is 6.21. The van der Waals surface area contributed by atoms with Gasteiger partial charge in [-0.15, -0.1) is 0 Å². The van der Waals surface area contributed by atoms with Crippen LogP contribution in [0.5, 0.6) is 0 Å². The van der Waals surface area contributed by atoms with Crippen LogP contribution in [0.15, 0.2) is 0 Å². The minimum absolute atomic E-state index is 0.352. The summed E-state index contributed by atoms with van der Waals surface area (Å²) in [7, 11) is -2.99. The van der Waals surface area contributed by atoms with E-state index in [1.807, 2.05) is 0 Å². The van der Waals surface area contributed by atoms with Crippen molar-refractivity contribution in [2.75, 3.05) is 25.4 Å². The van der Waals surface area contributed by atoms with Crippen LogP contribution in [-0.2, 0) is 10.0 Å². The van der Waals surface area contributed by atoms with Gasteiger partial charge in [0.25, 0.3) is 0 Å². The van der Waals surface area contributed by atoms with Crippen LogP contribution in [0.4, 0.5) is 0 Å². The van der Waals surface area contributed by atoms with Crippen LogP contribution in [-0.4, -0.2) is 38.1 Å². The lowest BCUT2D eigenvalue weighted by Gasteiger charge is -2.32. The molecule has 0 aromatic rings. The van der Waals surface area contributed by atoms with E-state index in [1.54, 1.807) is 4.31 Å². The smallest absolute Gasteiger partial charge is 0.214 e. The summed E-state index contributed by atoms with van der Waals surface area (Å²) in [6.07, 6.45) is 6.46. The summed E-state index contributed by atoms with van der Waals surface area (Å²) in [5.74, 6) is 1.55. The van der Waals surface area contributed by atoms with Gasteiger partial charge in [-0.25, -0.2) is 12.7 Å². The molecule has 0 amide bonds. The Bertz CT molecular complexity index is 330. The average molecular weight is 260 g/mol. The third-order valence-electron chi connectivity index (χ3n) is 4.31. The fourth-order valence-electron chi connectivity index (χ4n) is 2.65. The van der Waals surface area contributed by atoms with E-state index in [0.717, 1.165) is 19.3 Å². The molecule has 1 heterocycles. The minimum Gasteiger partial charge on any atom is -0.330 e. The predicted octanol–water partition coefficient (Wildman–Crippen LogP) is 1.18. The molecule has 5 heteroatoms. The number of rotatable bonds is 5. The third kappa shape index (κ3) is 3.42. The van der Waals surface area contributed by atoms with Crippen LogP contribution in [0.2, 0.25) is 0 Å². The van der Waals surface area contributed by atoms with Gasteiger partial charge in [0.1, 0.15) is 0 Å². The standard InChI is InChI=1S/C12H24N2O2S/c13-10-12-4-7-14(8-5-12)17(15,16)9-6-11-2-1-3-11/h11-12H,1-10,13H2. The van der Waals surface area contributed by atoms with Crippen molar-refractivity contribution in [3.63, 3.8) is 0 Å².